The minimum absolute atomic E-state index is 0.205. The van der Waals surface area contributed by atoms with Crippen LogP contribution in [-0.2, 0) is 14.9 Å². The average molecular weight is 488 g/mol. The van der Waals surface area contributed by atoms with Crippen molar-refractivity contribution in [3.05, 3.63) is 12.2 Å². The first kappa shape index (κ1) is 32.1. The molecule has 0 atom stereocenters. The summed E-state index contributed by atoms with van der Waals surface area (Å²) < 4.78 is 29.8. The lowest BCUT2D eigenvalue weighted by atomic mass is 10.0. The first-order chi connectivity index (χ1) is 16.0. The van der Waals surface area contributed by atoms with Gasteiger partial charge in [-0.05, 0) is 25.3 Å². The van der Waals surface area contributed by atoms with Gasteiger partial charge in [0.2, 0.25) is 5.91 Å². The van der Waals surface area contributed by atoms with Gasteiger partial charge in [0.15, 0.2) is 0 Å². The van der Waals surface area contributed by atoms with Gasteiger partial charge in [0.05, 0.1) is 5.75 Å². The lowest BCUT2D eigenvalue weighted by Crippen LogP contribution is -2.23. The monoisotopic (exact) mass is 487 g/mol. The van der Waals surface area contributed by atoms with Gasteiger partial charge >= 0.3 is 0 Å². The van der Waals surface area contributed by atoms with E-state index in [2.05, 4.69) is 12.2 Å². The Bertz CT molecular complexity index is 560. The Morgan fingerprint density at radius 2 is 1.06 bits per heavy atom. The van der Waals surface area contributed by atoms with Gasteiger partial charge in [-0.15, -0.1) is 0 Å². The molecule has 0 spiro atoms. The number of amides is 1. The van der Waals surface area contributed by atoms with E-state index >= 15 is 0 Å². The molecule has 5 nitrogen and oxygen atoms in total. The van der Waals surface area contributed by atoms with Crippen molar-refractivity contribution < 1.29 is 17.8 Å². The molecule has 0 aromatic carbocycles. The fourth-order valence-corrected chi connectivity index (χ4v) is 4.57. The van der Waals surface area contributed by atoms with Crippen LogP contribution in [0.3, 0.4) is 0 Å². The van der Waals surface area contributed by atoms with Gasteiger partial charge in [-0.25, -0.2) is 0 Å². The van der Waals surface area contributed by atoms with Gasteiger partial charge in [-0.3, -0.25) is 9.35 Å². The predicted molar refractivity (Wildman–Crippen MR) is 141 cm³/mol. The number of unbranched alkanes of at least 4 members (excludes halogenated alkanes) is 19. The van der Waals surface area contributed by atoms with E-state index in [0.29, 0.717) is 0 Å². The lowest BCUT2D eigenvalue weighted by molar-refractivity contribution is -0.116. The minimum atomic E-state index is -3.94. The zero-order chi connectivity index (χ0) is 24.5. The van der Waals surface area contributed by atoms with Crippen molar-refractivity contribution in [3.63, 3.8) is 0 Å². The molecule has 0 aliphatic rings. The summed E-state index contributed by atoms with van der Waals surface area (Å²) in [5, 5.41) is 2.62. The fourth-order valence-electron chi connectivity index (χ4n) is 4.06. The average Bonchev–Trinajstić information content (AvgIpc) is 2.77. The van der Waals surface area contributed by atoms with E-state index in [0.717, 1.165) is 12.8 Å². The second-order valence-electron chi connectivity index (χ2n) is 9.49. The number of allylic oxidation sites excluding steroid dienone is 1. The normalized spacial score (nSPS) is 11.9. The number of rotatable bonds is 25. The molecule has 2 N–H and O–H groups in total. The van der Waals surface area contributed by atoms with E-state index in [1.54, 1.807) is 0 Å². The predicted octanol–water partition coefficient (Wildman–Crippen LogP) is 7.76. The first-order valence-corrected chi connectivity index (χ1v) is 15.5. The number of hydrogen-bond acceptors (Lipinski definition) is 3. The highest BCUT2D eigenvalue weighted by atomic mass is 32.2. The van der Waals surface area contributed by atoms with Crippen LogP contribution in [0.5, 0.6) is 0 Å². The number of nitrogens with one attached hydrogen (secondary N) is 1. The highest BCUT2D eigenvalue weighted by Crippen LogP contribution is 2.14. The summed E-state index contributed by atoms with van der Waals surface area (Å²) in [5.74, 6) is -0.528. The zero-order valence-electron chi connectivity index (χ0n) is 21.5. The van der Waals surface area contributed by atoms with Gasteiger partial charge in [-0.1, -0.05) is 129 Å². The molecule has 0 aromatic rings. The molecule has 0 rings (SSSR count). The third-order valence-corrected chi connectivity index (χ3v) is 6.93. The highest BCUT2D eigenvalue weighted by Gasteiger charge is 2.03. The number of carbonyl (C=O) groups is 1. The summed E-state index contributed by atoms with van der Waals surface area (Å²) in [5.41, 5.74) is 0. The Hall–Kier alpha value is -0.880. The number of hydrogen-bond donors (Lipinski definition) is 2. The van der Waals surface area contributed by atoms with Crippen LogP contribution in [0.15, 0.2) is 12.2 Å². The maximum absolute atomic E-state index is 11.6. The standard InChI is InChI=1S/C27H53NO4S/c1-2-3-4-5-6-7-8-9-10-11-12-13-14-15-16-17-18-19-20-21-22-24-27(29)28-25-23-26-33(30,31)32/h22,24H,2-21,23,25-26H2,1H3,(H,28,29)(H,30,31,32)/b24-22+. The Morgan fingerprint density at radius 1 is 0.667 bits per heavy atom. The summed E-state index contributed by atoms with van der Waals surface area (Å²) in [6.07, 6.45) is 30.6. The summed E-state index contributed by atoms with van der Waals surface area (Å²) >= 11 is 0. The molecule has 0 saturated carbocycles. The van der Waals surface area contributed by atoms with Crippen LogP contribution in [0.25, 0.3) is 0 Å². The quantitative estimate of drug-likeness (QED) is 0.0783. The molecule has 0 aromatic heterocycles. The van der Waals surface area contributed by atoms with Crippen LogP contribution in [0.4, 0.5) is 0 Å². The van der Waals surface area contributed by atoms with Crippen molar-refractivity contribution in [2.45, 2.75) is 142 Å². The summed E-state index contributed by atoms with van der Waals surface area (Å²) in [4.78, 5) is 11.6. The zero-order valence-corrected chi connectivity index (χ0v) is 22.3. The SMILES string of the molecule is CCCCCCCCCCCCCCCCCCCCC/C=C/C(=O)NCCCS(=O)(=O)O. The third-order valence-electron chi connectivity index (χ3n) is 6.12. The second-order valence-corrected chi connectivity index (χ2v) is 11.1. The molecule has 0 heterocycles. The molecule has 0 saturated heterocycles. The van der Waals surface area contributed by atoms with Crippen molar-refractivity contribution in [1.29, 1.82) is 0 Å². The van der Waals surface area contributed by atoms with Crippen molar-refractivity contribution in [2.75, 3.05) is 12.3 Å². The minimum Gasteiger partial charge on any atom is -0.353 e. The van der Waals surface area contributed by atoms with Crippen LogP contribution >= 0.6 is 0 Å². The molecule has 196 valence electrons. The molecule has 0 bridgehead atoms. The maximum Gasteiger partial charge on any atom is 0.264 e. The number of carbonyl (C=O) groups excluding carboxylic acids is 1. The first-order valence-electron chi connectivity index (χ1n) is 13.8. The molecule has 0 fully saturated rings. The van der Waals surface area contributed by atoms with Crippen LogP contribution in [0, 0.1) is 0 Å². The van der Waals surface area contributed by atoms with Gasteiger partial charge in [0.1, 0.15) is 0 Å². The molecule has 0 unspecified atom stereocenters. The summed E-state index contributed by atoms with van der Waals surface area (Å²) in [7, 11) is -3.94. The largest absolute Gasteiger partial charge is 0.353 e. The maximum atomic E-state index is 11.6. The lowest BCUT2D eigenvalue weighted by Gasteiger charge is -2.04. The highest BCUT2D eigenvalue weighted by molar-refractivity contribution is 7.85. The smallest absolute Gasteiger partial charge is 0.264 e. The van der Waals surface area contributed by atoms with E-state index in [-0.39, 0.29) is 24.6 Å². The van der Waals surface area contributed by atoms with Crippen LogP contribution in [-0.4, -0.2) is 31.2 Å². The molecular weight excluding hydrogens is 434 g/mol. The van der Waals surface area contributed by atoms with Crippen molar-refractivity contribution >= 4 is 16.0 Å². The van der Waals surface area contributed by atoms with Crippen molar-refractivity contribution in [3.8, 4) is 0 Å². The van der Waals surface area contributed by atoms with E-state index < -0.39 is 10.1 Å². The molecule has 1 amide bonds. The Labute approximate surface area is 205 Å². The summed E-state index contributed by atoms with van der Waals surface area (Å²) in [6, 6.07) is 0. The van der Waals surface area contributed by atoms with Gasteiger partial charge in [-0.2, -0.15) is 8.42 Å². The molecule has 0 aliphatic heterocycles. The molecule has 0 radical (unpaired) electrons. The Balaban J connectivity index is 3.22. The third kappa shape index (κ3) is 29.1. The van der Waals surface area contributed by atoms with Crippen LogP contribution in [0.2, 0.25) is 0 Å². The second kappa shape index (κ2) is 24.3. The van der Waals surface area contributed by atoms with Gasteiger partial charge < -0.3 is 5.32 Å². The van der Waals surface area contributed by atoms with Crippen LogP contribution < -0.4 is 5.32 Å². The van der Waals surface area contributed by atoms with Gasteiger partial charge in [0, 0.05) is 6.54 Å². The molecule has 6 heteroatoms. The Kier molecular flexibility index (Phi) is 23.6. The van der Waals surface area contributed by atoms with E-state index in [4.69, 9.17) is 4.55 Å². The fraction of sp³-hybridized carbons (Fsp3) is 0.889. The van der Waals surface area contributed by atoms with E-state index in [1.165, 1.54) is 122 Å². The van der Waals surface area contributed by atoms with Crippen LogP contribution in [0.1, 0.15) is 142 Å². The Morgan fingerprint density at radius 3 is 1.45 bits per heavy atom. The van der Waals surface area contributed by atoms with Crippen molar-refractivity contribution in [1.82, 2.24) is 5.32 Å². The van der Waals surface area contributed by atoms with E-state index in [1.807, 2.05) is 6.08 Å². The van der Waals surface area contributed by atoms with Gasteiger partial charge in [0.25, 0.3) is 10.1 Å². The molecule has 33 heavy (non-hydrogen) atoms. The van der Waals surface area contributed by atoms with Crippen molar-refractivity contribution in [2.24, 2.45) is 0 Å². The molecule has 0 aliphatic carbocycles. The topological polar surface area (TPSA) is 83.5 Å². The van der Waals surface area contributed by atoms with E-state index in [9.17, 15) is 13.2 Å². The molecular formula is C27H53NO4S. The summed E-state index contributed by atoms with van der Waals surface area (Å²) in [6.45, 7) is 2.53.